The summed E-state index contributed by atoms with van der Waals surface area (Å²) in [4.78, 5) is 28.2. The zero-order valence-corrected chi connectivity index (χ0v) is 18.8. The number of hydrogen-bond donors (Lipinski definition) is 1. The fourth-order valence-corrected chi connectivity index (χ4v) is 3.63. The molecular weight excluding hydrogens is 408 g/mol. The maximum Gasteiger partial charge on any atom is 0.270 e. The minimum Gasteiger partial charge on any atom is -0.497 e. The monoisotopic (exact) mass is 438 g/mol. The second-order valence-electron chi connectivity index (χ2n) is 7.56. The number of nitrogens with zero attached hydrogens (tertiary/aromatic N) is 1. The van der Waals surface area contributed by atoms with Gasteiger partial charge in [-0.3, -0.25) is 9.59 Å². The quantitative estimate of drug-likeness (QED) is 0.664. The summed E-state index contributed by atoms with van der Waals surface area (Å²) in [5, 5.41) is 2.82. The van der Waals surface area contributed by atoms with Crippen LogP contribution in [0.15, 0.2) is 48.2 Å². The molecule has 1 heterocycles. The first-order valence-electron chi connectivity index (χ1n) is 10.7. The Balaban J connectivity index is 1.89. The van der Waals surface area contributed by atoms with Crippen molar-refractivity contribution < 1.29 is 23.8 Å². The van der Waals surface area contributed by atoms with Gasteiger partial charge in [0.2, 0.25) is 0 Å². The van der Waals surface area contributed by atoms with Crippen molar-refractivity contribution in [2.24, 2.45) is 0 Å². The molecule has 7 heteroatoms. The largest absolute Gasteiger partial charge is 0.497 e. The van der Waals surface area contributed by atoms with Crippen LogP contribution < -0.4 is 19.5 Å². The maximum absolute atomic E-state index is 13.3. The molecule has 0 atom stereocenters. The minimum absolute atomic E-state index is 0.184. The molecule has 1 aliphatic heterocycles. The molecule has 1 saturated heterocycles. The molecule has 0 unspecified atom stereocenters. The summed E-state index contributed by atoms with van der Waals surface area (Å²) in [6.07, 6.45) is 5.85. The highest BCUT2D eigenvalue weighted by Gasteiger charge is 2.22. The molecular formula is C25H30N2O5. The third-order valence-electron chi connectivity index (χ3n) is 5.44. The summed E-state index contributed by atoms with van der Waals surface area (Å²) < 4.78 is 15.7. The molecule has 0 bridgehead atoms. The van der Waals surface area contributed by atoms with Crippen molar-refractivity contribution in [2.75, 3.05) is 34.4 Å². The van der Waals surface area contributed by atoms with E-state index in [1.807, 2.05) is 29.2 Å². The van der Waals surface area contributed by atoms with Crippen molar-refractivity contribution in [3.8, 4) is 17.2 Å². The van der Waals surface area contributed by atoms with Gasteiger partial charge in [-0.25, -0.2) is 0 Å². The van der Waals surface area contributed by atoms with Gasteiger partial charge in [-0.05, 0) is 54.8 Å². The molecule has 32 heavy (non-hydrogen) atoms. The normalized spacial score (nSPS) is 14.3. The molecule has 0 radical (unpaired) electrons. The van der Waals surface area contributed by atoms with Crippen LogP contribution in [0.5, 0.6) is 17.2 Å². The highest BCUT2D eigenvalue weighted by molar-refractivity contribution is 6.05. The molecule has 2 aromatic carbocycles. The van der Waals surface area contributed by atoms with E-state index in [0.29, 0.717) is 30.2 Å². The van der Waals surface area contributed by atoms with Gasteiger partial charge in [0.1, 0.15) is 11.4 Å². The van der Waals surface area contributed by atoms with Crippen molar-refractivity contribution in [2.45, 2.75) is 25.7 Å². The number of methoxy groups -OCH3 is 3. The Morgan fingerprint density at radius 1 is 0.844 bits per heavy atom. The maximum atomic E-state index is 13.3. The molecule has 170 valence electrons. The molecule has 2 amide bonds. The number of benzene rings is 2. The summed E-state index contributed by atoms with van der Waals surface area (Å²) in [7, 11) is 4.65. The number of carbonyl (C=O) groups is 2. The zero-order valence-electron chi connectivity index (χ0n) is 18.8. The fraction of sp³-hybridized carbons (Fsp3) is 0.360. The van der Waals surface area contributed by atoms with Gasteiger partial charge in [0.05, 0.1) is 21.3 Å². The van der Waals surface area contributed by atoms with Crippen LogP contribution in [0.3, 0.4) is 0 Å². The van der Waals surface area contributed by atoms with Gasteiger partial charge in [-0.15, -0.1) is 0 Å². The number of carbonyl (C=O) groups excluding carboxylic acids is 2. The van der Waals surface area contributed by atoms with Gasteiger partial charge < -0.3 is 24.4 Å². The van der Waals surface area contributed by atoms with E-state index in [4.69, 9.17) is 14.2 Å². The summed E-state index contributed by atoms with van der Waals surface area (Å²) >= 11 is 0. The summed E-state index contributed by atoms with van der Waals surface area (Å²) in [6.45, 7) is 1.37. The van der Waals surface area contributed by atoms with E-state index in [9.17, 15) is 9.59 Å². The van der Waals surface area contributed by atoms with Gasteiger partial charge in [0.25, 0.3) is 11.8 Å². The number of hydrogen-bond acceptors (Lipinski definition) is 5. The van der Waals surface area contributed by atoms with Gasteiger partial charge in [0.15, 0.2) is 11.5 Å². The lowest BCUT2D eigenvalue weighted by Gasteiger charge is -2.22. The van der Waals surface area contributed by atoms with Crippen LogP contribution in [0.1, 0.15) is 41.6 Å². The summed E-state index contributed by atoms with van der Waals surface area (Å²) in [5.74, 6) is 1.11. The highest BCUT2D eigenvalue weighted by atomic mass is 16.5. The topological polar surface area (TPSA) is 77.1 Å². The Bertz CT molecular complexity index is 961. The lowest BCUT2D eigenvalue weighted by Crippen LogP contribution is -2.39. The van der Waals surface area contributed by atoms with Crippen molar-refractivity contribution in [1.29, 1.82) is 0 Å². The first kappa shape index (κ1) is 23.2. The molecule has 1 N–H and O–H groups in total. The van der Waals surface area contributed by atoms with E-state index in [1.54, 1.807) is 31.4 Å². The predicted molar refractivity (Wildman–Crippen MR) is 123 cm³/mol. The van der Waals surface area contributed by atoms with Crippen molar-refractivity contribution in [1.82, 2.24) is 10.2 Å². The zero-order chi connectivity index (χ0) is 22.9. The van der Waals surface area contributed by atoms with E-state index in [-0.39, 0.29) is 11.6 Å². The Labute approximate surface area is 189 Å². The molecule has 1 fully saturated rings. The molecule has 2 aromatic rings. The SMILES string of the molecule is COc1ccc(C=C(NC(=O)c2ccc(OC)c(OC)c2)C(=O)N2CCCCCC2)cc1. The Kier molecular flexibility index (Phi) is 8.14. The van der Waals surface area contributed by atoms with Gasteiger partial charge in [-0.2, -0.15) is 0 Å². The minimum atomic E-state index is -0.395. The van der Waals surface area contributed by atoms with E-state index < -0.39 is 5.91 Å². The van der Waals surface area contributed by atoms with Crippen LogP contribution in [-0.4, -0.2) is 51.1 Å². The van der Waals surface area contributed by atoms with Crippen LogP contribution in [0.4, 0.5) is 0 Å². The molecule has 0 aromatic heterocycles. The van der Waals surface area contributed by atoms with Crippen LogP contribution in [0.25, 0.3) is 6.08 Å². The van der Waals surface area contributed by atoms with Crippen molar-refractivity contribution >= 4 is 17.9 Å². The van der Waals surface area contributed by atoms with E-state index in [1.165, 1.54) is 14.2 Å². The van der Waals surface area contributed by atoms with Crippen LogP contribution in [0, 0.1) is 0 Å². The first-order chi connectivity index (χ1) is 15.5. The smallest absolute Gasteiger partial charge is 0.270 e. The third-order valence-corrected chi connectivity index (χ3v) is 5.44. The number of likely N-dealkylation sites (tertiary alicyclic amines) is 1. The number of ether oxygens (including phenoxy) is 3. The number of amides is 2. The van der Waals surface area contributed by atoms with Crippen molar-refractivity contribution in [3.05, 3.63) is 59.3 Å². The molecule has 1 aliphatic rings. The van der Waals surface area contributed by atoms with Crippen LogP contribution in [-0.2, 0) is 4.79 Å². The highest BCUT2D eigenvalue weighted by Crippen LogP contribution is 2.27. The third kappa shape index (κ3) is 5.81. The first-order valence-corrected chi connectivity index (χ1v) is 10.7. The second-order valence-corrected chi connectivity index (χ2v) is 7.56. The molecule has 0 aliphatic carbocycles. The lowest BCUT2D eigenvalue weighted by molar-refractivity contribution is -0.127. The summed E-state index contributed by atoms with van der Waals surface area (Å²) in [6, 6.07) is 12.2. The summed E-state index contributed by atoms with van der Waals surface area (Å²) in [5.41, 5.74) is 1.39. The Morgan fingerprint density at radius 2 is 1.50 bits per heavy atom. The van der Waals surface area contributed by atoms with Crippen LogP contribution >= 0.6 is 0 Å². The Morgan fingerprint density at radius 3 is 2.09 bits per heavy atom. The second kappa shape index (κ2) is 11.2. The Hall–Kier alpha value is -3.48. The fourth-order valence-electron chi connectivity index (χ4n) is 3.63. The van der Waals surface area contributed by atoms with Gasteiger partial charge >= 0.3 is 0 Å². The standard InChI is InChI=1S/C25H30N2O5/c1-30-20-11-8-18(9-12-20)16-21(25(29)27-14-6-4-5-7-15-27)26-24(28)19-10-13-22(31-2)23(17-19)32-3/h8-13,16-17H,4-7,14-15H2,1-3H3,(H,26,28). The van der Waals surface area contributed by atoms with Gasteiger partial charge in [0, 0.05) is 18.7 Å². The molecule has 0 saturated carbocycles. The average molecular weight is 439 g/mol. The average Bonchev–Trinajstić information content (AvgIpc) is 3.12. The predicted octanol–water partition coefficient (Wildman–Crippen LogP) is 3.89. The van der Waals surface area contributed by atoms with Gasteiger partial charge in [-0.1, -0.05) is 25.0 Å². The molecule has 0 spiro atoms. The van der Waals surface area contributed by atoms with E-state index >= 15 is 0 Å². The van der Waals surface area contributed by atoms with Crippen molar-refractivity contribution in [3.63, 3.8) is 0 Å². The number of rotatable bonds is 7. The van der Waals surface area contributed by atoms with E-state index in [2.05, 4.69) is 5.32 Å². The number of nitrogens with one attached hydrogen (secondary N) is 1. The molecule has 7 nitrogen and oxygen atoms in total. The van der Waals surface area contributed by atoms with Crippen LogP contribution in [0.2, 0.25) is 0 Å². The lowest BCUT2D eigenvalue weighted by atomic mass is 10.1. The molecule has 3 rings (SSSR count). The van der Waals surface area contributed by atoms with E-state index in [0.717, 1.165) is 37.0 Å².